The predicted octanol–water partition coefficient (Wildman–Crippen LogP) is 3.73. The number of halogens is 1. The highest BCUT2D eigenvalue weighted by molar-refractivity contribution is 9.10. The average Bonchev–Trinajstić information content (AvgIpc) is 2.38. The van der Waals surface area contributed by atoms with E-state index < -0.39 is 4.92 Å². The molecule has 19 heavy (non-hydrogen) atoms. The van der Waals surface area contributed by atoms with Crippen LogP contribution < -0.4 is 5.32 Å². The van der Waals surface area contributed by atoms with Crippen LogP contribution >= 0.6 is 15.9 Å². The zero-order valence-corrected chi connectivity index (χ0v) is 12.4. The van der Waals surface area contributed by atoms with Crippen LogP contribution in [0.5, 0.6) is 0 Å². The Morgan fingerprint density at radius 3 is 3.00 bits per heavy atom. The van der Waals surface area contributed by atoms with Gasteiger partial charge in [0.2, 0.25) is 0 Å². The SMILES string of the molecule is CCC1CC(Nc2ccc([N+](=O)[O-])c(Br)c2)CCO1. The summed E-state index contributed by atoms with van der Waals surface area (Å²) in [6.07, 6.45) is 3.27. The molecular weight excluding hydrogens is 312 g/mol. The van der Waals surface area contributed by atoms with Crippen molar-refractivity contribution in [1.82, 2.24) is 0 Å². The van der Waals surface area contributed by atoms with Gasteiger partial charge in [0.1, 0.15) is 0 Å². The summed E-state index contributed by atoms with van der Waals surface area (Å²) >= 11 is 3.23. The van der Waals surface area contributed by atoms with Gasteiger partial charge in [0, 0.05) is 24.4 Å². The molecular formula is C13H17BrN2O3. The lowest BCUT2D eigenvalue weighted by Crippen LogP contribution is -2.33. The van der Waals surface area contributed by atoms with Crippen molar-refractivity contribution in [1.29, 1.82) is 0 Å². The van der Waals surface area contributed by atoms with Gasteiger partial charge in [0.05, 0.1) is 15.5 Å². The fourth-order valence-corrected chi connectivity index (χ4v) is 2.80. The molecule has 1 fully saturated rings. The number of nitro benzene ring substituents is 1. The van der Waals surface area contributed by atoms with Gasteiger partial charge in [-0.1, -0.05) is 6.92 Å². The maximum Gasteiger partial charge on any atom is 0.283 e. The first-order valence-corrected chi connectivity index (χ1v) is 7.21. The summed E-state index contributed by atoms with van der Waals surface area (Å²) in [7, 11) is 0. The number of ether oxygens (including phenoxy) is 1. The number of rotatable bonds is 4. The standard InChI is InChI=1S/C13H17BrN2O3/c1-2-11-7-10(5-6-19-11)15-9-3-4-13(16(17)18)12(14)8-9/h3-4,8,10-11,15H,2,5-7H2,1H3. The van der Waals surface area contributed by atoms with Crippen LogP contribution in [-0.4, -0.2) is 23.7 Å². The molecule has 0 aromatic heterocycles. The molecule has 0 bridgehead atoms. The first kappa shape index (κ1) is 14.3. The van der Waals surface area contributed by atoms with E-state index in [0.29, 0.717) is 16.6 Å². The Labute approximate surface area is 120 Å². The normalized spacial score (nSPS) is 23.1. The lowest BCUT2D eigenvalue weighted by atomic mass is 10.0. The Kier molecular flexibility index (Phi) is 4.76. The molecule has 1 heterocycles. The average molecular weight is 329 g/mol. The smallest absolute Gasteiger partial charge is 0.283 e. The van der Waals surface area contributed by atoms with Gasteiger partial charge in [0.15, 0.2) is 0 Å². The van der Waals surface area contributed by atoms with Crippen molar-refractivity contribution < 1.29 is 9.66 Å². The molecule has 0 spiro atoms. The zero-order chi connectivity index (χ0) is 13.8. The van der Waals surface area contributed by atoms with Crippen LogP contribution in [0.3, 0.4) is 0 Å². The number of hydrogen-bond donors (Lipinski definition) is 1. The van der Waals surface area contributed by atoms with E-state index in [9.17, 15) is 10.1 Å². The van der Waals surface area contributed by atoms with Gasteiger partial charge in [-0.05, 0) is 47.3 Å². The van der Waals surface area contributed by atoms with E-state index >= 15 is 0 Å². The van der Waals surface area contributed by atoms with Crippen molar-refractivity contribution in [3.63, 3.8) is 0 Å². The summed E-state index contributed by atoms with van der Waals surface area (Å²) in [4.78, 5) is 10.4. The minimum Gasteiger partial charge on any atom is -0.382 e. The lowest BCUT2D eigenvalue weighted by molar-refractivity contribution is -0.385. The van der Waals surface area contributed by atoms with E-state index in [4.69, 9.17) is 4.74 Å². The molecule has 1 aromatic carbocycles. The second kappa shape index (κ2) is 6.34. The van der Waals surface area contributed by atoms with E-state index in [1.807, 2.05) is 0 Å². The Hall–Kier alpha value is -1.14. The van der Waals surface area contributed by atoms with Crippen molar-refractivity contribution in [2.45, 2.75) is 38.3 Å². The highest BCUT2D eigenvalue weighted by Crippen LogP contribution is 2.29. The highest BCUT2D eigenvalue weighted by atomic mass is 79.9. The Morgan fingerprint density at radius 1 is 1.58 bits per heavy atom. The second-order valence-electron chi connectivity index (χ2n) is 4.69. The molecule has 6 heteroatoms. The summed E-state index contributed by atoms with van der Waals surface area (Å²) in [5.74, 6) is 0. The van der Waals surface area contributed by atoms with Gasteiger partial charge in [-0.2, -0.15) is 0 Å². The van der Waals surface area contributed by atoms with Crippen molar-refractivity contribution in [2.24, 2.45) is 0 Å². The molecule has 0 radical (unpaired) electrons. The van der Waals surface area contributed by atoms with E-state index in [2.05, 4.69) is 28.2 Å². The molecule has 0 aliphatic carbocycles. The van der Waals surface area contributed by atoms with Gasteiger partial charge in [-0.25, -0.2) is 0 Å². The van der Waals surface area contributed by atoms with E-state index in [1.54, 1.807) is 12.1 Å². The lowest BCUT2D eigenvalue weighted by Gasteiger charge is -2.30. The van der Waals surface area contributed by atoms with Gasteiger partial charge in [-0.3, -0.25) is 10.1 Å². The maximum absolute atomic E-state index is 10.7. The maximum atomic E-state index is 10.7. The summed E-state index contributed by atoms with van der Waals surface area (Å²) < 4.78 is 6.13. The Bertz CT molecular complexity index is 467. The van der Waals surface area contributed by atoms with E-state index in [-0.39, 0.29) is 5.69 Å². The second-order valence-corrected chi connectivity index (χ2v) is 5.54. The van der Waals surface area contributed by atoms with Crippen molar-refractivity contribution in [2.75, 3.05) is 11.9 Å². The molecule has 1 aliphatic rings. The number of hydrogen-bond acceptors (Lipinski definition) is 4. The highest BCUT2D eigenvalue weighted by Gasteiger charge is 2.21. The summed E-state index contributed by atoms with van der Waals surface area (Å²) in [6.45, 7) is 2.89. The largest absolute Gasteiger partial charge is 0.382 e. The van der Waals surface area contributed by atoms with Crippen LogP contribution in [0.4, 0.5) is 11.4 Å². The molecule has 2 unspecified atom stereocenters. The van der Waals surface area contributed by atoms with Crippen LogP contribution in [-0.2, 0) is 4.74 Å². The van der Waals surface area contributed by atoms with Crippen LogP contribution in [0.2, 0.25) is 0 Å². The molecule has 0 amide bonds. The molecule has 0 saturated carbocycles. The fraction of sp³-hybridized carbons (Fsp3) is 0.538. The monoisotopic (exact) mass is 328 g/mol. The number of nitrogens with zero attached hydrogens (tertiary/aromatic N) is 1. The third-order valence-electron chi connectivity index (χ3n) is 3.34. The first-order valence-electron chi connectivity index (χ1n) is 6.42. The van der Waals surface area contributed by atoms with Crippen LogP contribution in [0.1, 0.15) is 26.2 Å². The Balaban J connectivity index is 2.03. The minimum absolute atomic E-state index is 0.0870. The van der Waals surface area contributed by atoms with Crippen LogP contribution in [0.15, 0.2) is 22.7 Å². The third-order valence-corrected chi connectivity index (χ3v) is 3.97. The van der Waals surface area contributed by atoms with Crippen LogP contribution in [0.25, 0.3) is 0 Å². The van der Waals surface area contributed by atoms with E-state index in [1.165, 1.54) is 6.07 Å². The van der Waals surface area contributed by atoms with Crippen molar-refractivity contribution >= 4 is 27.3 Å². The number of anilines is 1. The van der Waals surface area contributed by atoms with Gasteiger partial charge in [-0.15, -0.1) is 0 Å². The molecule has 1 aliphatic heterocycles. The zero-order valence-electron chi connectivity index (χ0n) is 10.8. The number of nitro groups is 1. The summed E-state index contributed by atoms with van der Waals surface area (Å²) in [5.41, 5.74) is 0.989. The predicted molar refractivity (Wildman–Crippen MR) is 77.5 cm³/mol. The third kappa shape index (κ3) is 3.67. The Morgan fingerprint density at radius 2 is 2.37 bits per heavy atom. The van der Waals surface area contributed by atoms with Crippen molar-refractivity contribution in [3.05, 3.63) is 32.8 Å². The molecule has 1 aromatic rings. The van der Waals surface area contributed by atoms with Crippen LogP contribution in [0, 0.1) is 10.1 Å². The molecule has 1 saturated heterocycles. The quantitative estimate of drug-likeness (QED) is 0.675. The molecule has 104 valence electrons. The van der Waals surface area contributed by atoms with Gasteiger partial charge < -0.3 is 10.1 Å². The molecule has 1 N–H and O–H groups in total. The van der Waals surface area contributed by atoms with Gasteiger partial charge >= 0.3 is 0 Å². The molecule has 5 nitrogen and oxygen atoms in total. The van der Waals surface area contributed by atoms with E-state index in [0.717, 1.165) is 31.6 Å². The summed E-state index contributed by atoms with van der Waals surface area (Å²) in [6, 6.07) is 5.39. The first-order chi connectivity index (χ1) is 9.10. The molecule has 2 atom stereocenters. The fourth-order valence-electron chi connectivity index (χ4n) is 2.28. The topological polar surface area (TPSA) is 64.4 Å². The number of benzene rings is 1. The molecule has 2 rings (SSSR count). The summed E-state index contributed by atoms with van der Waals surface area (Å²) in [5, 5.41) is 14.2. The van der Waals surface area contributed by atoms with Gasteiger partial charge in [0.25, 0.3) is 5.69 Å². The number of nitrogens with one attached hydrogen (secondary N) is 1. The van der Waals surface area contributed by atoms with Crippen molar-refractivity contribution in [3.8, 4) is 0 Å². The minimum atomic E-state index is -0.393.